The highest BCUT2D eigenvalue weighted by Crippen LogP contribution is 2.33. The van der Waals surface area contributed by atoms with Crippen molar-refractivity contribution in [3.63, 3.8) is 0 Å². The van der Waals surface area contributed by atoms with Gasteiger partial charge in [-0.3, -0.25) is 14.9 Å². The van der Waals surface area contributed by atoms with Crippen LogP contribution in [0.1, 0.15) is 88.0 Å². The Hall–Kier alpha value is -3.74. The Morgan fingerprint density at radius 1 is 0.609 bits per heavy atom. The molecule has 0 atom stereocenters. The number of nitrogens with zero attached hydrogens (tertiary/aromatic N) is 5. The van der Waals surface area contributed by atoms with Crippen LogP contribution in [0.15, 0.2) is 60.7 Å². The largest absolute Gasteiger partial charge is 0.339 e. The van der Waals surface area contributed by atoms with Crippen LogP contribution < -0.4 is 5.73 Å². The molecule has 0 radical (unpaired) electrons. The smallest absolute Gasteiger partial charge is 0.0707 e. The second-order valence-electron chi connectivity index (χ2n) is 13.1. The van der Waals surface area contributed by atoms with Crippen LogP contribution in [0.3, 0.4) is 0 Å². The van der Waals surface area contributed by atoms with Gasteiger partial charge in [0.25, 0.3) is 0 Å². The Bertz CT molecular complexity index is 1800. The van der Waals surface area contributed by atoms with E-state index in [1.54, 1.807) is 0 Å². The molecule has 6 rings (SSSR count). The summed E-state index contributed by atoms with van der Waals surface area (Å²) >= 11 is 0. The van der Waals surface area contributed by atoms with Crippen LogP contribution in [-0.4, -0.2) is 37.1 Å². The van der Waals surface area contributed by atoms with Gasteiger partial charge in [-0.15, -0.1) is 0 Å². The van der Waals surface area contributed by atoms with Gasteiger partial charge in [-0.25, -0.2) is 0 Å². The molecule has 0 amide bonds. The van der Waals surface area contributed by atoms with Gasteiger partial charge in [-0.1, -0.05) is 75.9 Å². The molecule has 0 aliphatic carbocycles. The lowest BCUT2D eigenvalue weighted by molar-refractivity contribution is 0.244. The Morgan fingerprint density at radius 2 is 1.09 bits per heavy atom. The third kappa shape index (κ3) is 6.56. The summed E-state index contributed by atoms with van der Waals surface area (Å²) in [5, 5.41) is 5.31. The molecular weight excluding hydrogens is 564 g/mol. The standard InChI is InChI=1S/C40H52N6/c1-5-7-23-45-37-19-13-11-17-33(37)35-25-31(42-29(3)39(35)45)27-44(22-16-10-9-15-21-41)28-32-26-36-34-18-12-14-20-38(34)46(24-8-6-2)40(36)30(4)43-32/h11-14,17-20,25-26H,5-10,15-16,21-24,27-28,41H2,1-4H3. The summed E-state index contributed by atoms with van der Waals surface area (Å²) in [4.78, 5) is 13.0. The molecule has 0 aliphatic rings. The molecule has 0 bridgehead atoms. The quantitative estimate of drug-likeness (QED) is 0.110. The Kier molecular flexibility index (Phi) is 10.4. The van der Waals surface area contributed by atoms with E-state index in [0.717, 1.165) is 74.9 Å². The summed E-state index contributed by atoms with van der Waals surface area (Å²) in [5.41, 5.74) is 15.5. The maximum absolute atomic E-state index is 5.80. The van der Waals surface area contributed by atoms with Gasteiger partial charge in [0.15, 0.2) is 0 Å². The topological polar surface area (TPSA) is 64.9 Å². The van der Waals surface area contributed by atoms with E-state index in [0.29, 0.717) is 0 Å². The number of aryl methyl sites for hydroxylation is 4. The zero-order valence-corrected chi connectivity index (χ0v) is 28.5. The Labute approximate surface area is 274 Å². The molecule has 6 nitrogen and oxygen atoms in total. The van der Waals surface area contributed by atoms with E-state index in [4.69, 9.17) is 15.7 Å². The number of unbranched alkanes of at least 4 members (excludes halogenated alkanes) is 5. The number of aromatic nitrogens is 4. The molecule has 0 saturated heterocycles. The van der Waals surface area contributed by atoms with Gasteiger partial charge in [0.1, 0.15) is 0 Å². The van der Waals surface area contributed by atoms with Gasteiger partial charge in [0.2, 0.25) is 0 Å². The molecule has 6 aromatic rings. The molecular formula is C40H52N6. The predicted molar refractivity (Wildman–Crippen MR) is 195 cm³/mol. The van der Waals surface area contributed by atoms with Crippen molar-refractivity contribution in [1.29, 1.82) is 0 Å². The number of fused-ring (bicyclic) bond motifs is 6. The van der Waals surface area contributed by atoms with Crippen molar-refractivity contribution in [2.24, 2.45) is 5.73 Å². The third-order valence-corrected chi connectivity index (χ3v) is 9.62. The first-order chi connectivity index (χ1) is 22.5. The fourth-order valence-corrected chi connectivity index (χ4v) is 7.43. The van der Waals surface area contributed by atoms with Crippen molar-refractivity contribution < 1.29 is 0 Å². The first-order valence-electron chi connectivity index (χ1n) is 17.7. The second-order valence-corrected chi connectivity index (χ2v) is 13.1. The molecule has 2 N–H and O–H groups in total. The lowest BCUT2D eigenvalue weighted by Crippen LogP contribution is -2.25. The van der Waals surface area contributed by atoms with E-state index in [2.05, 4.69) is 102 Å². The number of hydrogen-bond acceptors (Lipinski definition) is 4. The van der Waals surface area contributed by atoms with Crippen LogP contribution in [0.2, 0.25) is 0 Å². The average Bonchev–Trinajstić information content (AvgIpc) is 3.55. The predicted octanol–water partition coefficient (Wildman–Crippen LogP) is 9.43. The fraction of sp³-hybridized carbons (Fsp3) is 0.450. The fourth-order valence-electron chi connectivity index (χ4n) is 7.43. The van der Waals surface area contributed by atoms with Crippen LogP contribution in [0.25, 0.3) is 43.6 Å². The van der Waals surface area contributed by atoms with Gasteiger partial charge < -0.3 is 14.9 Å². The van der Waals surface area contributed by atoms with Crippen LogP contribution in [0.5, 0.6) is 0 Å². The third-order valence-electron chi connectivity index (χ3n) is 9.62. The highest BCUT2D eigenvalue weighted by Gasteiger charge is 2.19. The average molecular weight is 617 g/mol. The van der Waals surface area contributed by atoms with Gasteiger partial charge in [0, 0.05) is 58.8 Å². The van der Waals surface area contributed by atoms with Crippen molar-refractivity contribution in [3.05, 3.63) is 83.4 Å². The monoisotopic (exact) mass is 616 g/mol. The molecule has 0 fully saturated rings. The molecule has 242 valence electrons. The summed E-state index contributed by atoms with van der Waals surface area (Å²) in [7, 11) is 0. The first-order valence-corrected chi connectivity index (χ1v) is 17.7. The van der Waals surface area contributed by atoms with Gasteiger partial charge in [-0.2, -0.15) is 0 Å². The van der Waals surface area contributed by atoms with Crippen LogP contribution in [-0.2, 0) is 26.2 Å². The van der Waals surface area contributed by atoms with E-state index >= 15 is 0 Å². The Balaban J connectivity index is 1.35. The number of para-hydroxylation sites is 2. The zero-order valence-electron chi connectivity index (χ0n) is 28.5. The molecule has 0 unspecified atom stereocenters. The molecule has 0 saturated carbocycles. The van der Waals surface area contributed by atoms with Crippen molar-refractivity contribution in [2.75, 3.05) is 13.1 Å². The Morgan fingerprint density at radius 3 is 1.57 bits per heavy atom. The SMILES string of the molecule is CCCCn1c2ccccc2c2cc(CN(CCCCCCN)Cc3cc4c5ccccc5n(CCCC)c4c(C)n3)nc(C)c21. The zero-order chi connectivity index (χ0) is 32.0. The molecule has 4 aromatic heterocycles. The molecule has 4 heterocycles. The second kappa shape index (κ2) is 14.8. The van der Waals surface area contributed by atoms with E-state index in [1.165, 1.54) is 82.1 Å². The van der Waals surface area contributed by atoms with E-state index in [-0.39, 0.29) is 0 Å². The molecule has 0 aliphatic heterocycles. The van der Waals surface area contributed by atoms with E-state index < -0.39 is 0 Å². The van der Waals surface area contributed by atoms with E-state index in [9.17, 15) is 0 Å². The van der Waals surface area contributed by atoms with Gasteiger partial charge in [0.05, 0.1) is 33.8 Å². The molecule has 46 heavy (non-hydrogen) atoms. The van der Waals surface area contributed by atoms with Gasteiger partial charge in [-0.05, 0) is 76.9 Å². The highest BCUT2D eigenvalue weighted by molar-refractivity contribution is 6.09. The normalized spacial score (nSPS) is 12.1. The van der Waals surface area contributed by atoms with Crippen molar-refractivity contribution in [1.82, 2.24) is 24.0 Å². The van der Waals surface area contributed by atoms with Crippen molar-refractivity contribution >= 4 is 43.6 Å². The lowest BCUT2D eigenvalue weighted by atomic mass is 10.1. The van der Waals surface area contributed by atoms with Gasteiger partial charge >= 0.3 is 0 Å². The summed E-state index contributed by atoms with van der Waals surface area (Å²) in [5.74, 6) is 0. The maximum atomic E-state index is 5.80. The molecule has 2 aromatic carbocycles. The summed E-state index contributed by atoms with van der Waals surface area (Å²) in [6.45, 7) is 14.4. The summed E-state index contributed by atoms with van der Waals surface area (Å²) in [6.07, 6.45) is 9.32. The minimum absolute atomic E-state index is 0.772. The lowest BCUT2D eigenvalue weighted by Gasteiger charge is -2.23. The van der Waals surface area contributed by atoms with Crippen molar-refractivity contribution in [3.8, 4) is 0 Å². The first kappa shape index (κ1) is 32.2. The van der Waals surface area contributed by atoms with Crippen molar-refractivity contribution in [2.45, 2.75) is 105 Å². The number of hydrogen-bond donors (Lipinski definition) is 1. The summed E-state index contributed by atoms with van der Waals surface area (Å²) < 4.78 is 4.99. The molecule has 0 spiro atoms. The van der Waals surface area contributed by atoms with E-state index in [1.807, 2.05) is 0 Å². The minimum Gasteiger partial charge on any atom is -0.339 e. The number of benzene rings is 2. The van der Waals surface area contributed by atoms with Crippen LogP contribution in [0.4, 0.5) is 0 Å². The van der Waals surface area contributed by atoms with Crippen LogP contribution >= 0.6 is 0 Å². The number of rotatable bonds is 16. The van der Waals surface area contributed by atoms with Crippen LogP contribution in [0, 0.1) is 13.8 Å². The summed E-state index contributed by atoms with van der Waals surface area (Å²) in [6, 6.07) is 22.4. The molecule has 6 heteroatoms. The highest BCUT2D eigenvalue weighted by atomic mass is 15.1. The number of pyridine rings is 2. The maximum Gasteiger partial charge on any atom is 0.0707 e. The minimum atomic E-state index is 0.772. The number of nitrogens with two attached hydrogens (primary N) is 1.